The Morgan fingerprint density at radius 2 is 2.04 bits per heavy atom. The summed E-state index contributed by atoms with van der Waals surface area (Å²) in [4.78, 5) is 12.7. The number of carbonyl (C=O) groups excluding carboxylic acids is 1. The highest BCUT2D eigenvalue weighted by Crippen LogP contribution is 2.26. The van der Waals surface area contributed by atoms with E-state index in [0.717, 1.165) is 36.3 Å². The van der Waals surface area contributed by atoms with Crippen LogP contribution in [-0.4, -0.2) is 24.1 Å². The van der Waals surface area contributed by atoms with Gasteiger partial charge in [-0.05, 0) is 50.3 Å². The molecule has 3 N–H and O–H groups in total. The van der Waals surface area contributed by atoms with Gasteiger partial charge in [0, 0.05) is 0 Å². The van der Waals surface area contributed by atoms with Gasteiger partial charge in [-0.2, -0.15) is 0 Å². The van der Waals surface area contributed by atoms with E-state index in [-0.39, 0.29) is 30.1 Å². The molecule has 2 heterocycles. The summed E-state index contributed by atoms with van der Waals surface area (Å²) in [5.41, 5.74) is 7.42. The number of rotatable bonds is 6. The Morgan fingerprint density at radius 1 is 1.19 bits per heavy atom. The van der Waals surface area contributed by atoms with Gasteiger partial charge in [-0.25, -0.2) is 10.9 Å². The van der Waals surface area contributed by atoms with Gasteiger partial charge in [0.1, 0.15) is 17.6 Å². The van der Waals surface area contributed by atoms with Gasteiger partial charge in [-0.15, -0.1) is 0 Å². The molecule has 2 aromatic rings. The number of benzene rings is 1. The Labute approximate surface area is 159 Å². The van der Waals surface area contributed by atoms with Crippen molar-refractivity contribution in [2.75, 3.05) is 0 Å². The lowest BCUT2D eigenvalue weighted by Gasteiger charge is -2.23. The molecule has 1 aliphatic carbocycles. The standard InChI is InChI=1S/C21H27N3O3/c1-14-10-11-20(27-14)17-12-18(24-23-17)21(25)22-16-8-5-9-19(16)26-13-15-6-3-2-4-7-15/h2-4,6-7,10-11,16-19,23-24H,5,8-9,12-13H2,1H3,(H,22,25)/t16-,17?,18?,19-/m1/s1. The highest BCUT2D eigenvalue weighted by Gasteiger charge is 2.35. The largest absolute Gasteiger partial charge is 0.465 e. The first-order valence-electron chi connectivity index (χ1n) is 9.72. The van der Waals surface area contributed by atoms with Crippen LogP contribution in [0.5, 0.6) is 0 Å². The zero-order chi connectivity index (χ0) is 18.6. The van der Waals surface area contributed by atoms with Gasteiger partial charge < -0.3 is 14.5 Å². The van der Waals surface area contributed by atoms with E-state index in [1.807, 2.05) is 37.3 Å². The fourth-order valence-electron chi connectivity index (χ4n) is 3.91. The van der Waals surface area contributed by atoms with Crippen molar-refractivity contribution in [1.29, 1.82) is 0 Å². The molecule has 1 aromatic carbocycles. The lowest BCUT2D eigenvalue weighted by Crippen LogP contribution is -2.49. The van der Waals surface area contributed by atoms with Crippen LogP contribution < -0.4 is 16.2 Å². The first-order chi connectivity index (χ1) is 13.2. The first kappa shape index (κ1) is 18.2. The van der Waals surface area contributed by atoms with E-state index in [0.29, 0.717) is 13.0 Å². The molecule has 2 unspecified atom stereocenters. The summed E-state index contributed by atoms with van der Waals surface area (Å²) in [6, 6.07) is 13.9. The highest BCUT2D eigenvalue weighted by molar-refractivity contribution is 5.82. The van der Waals surface area contributed by atoms with Crippen LogP contribution in [0.2, 0.25) is 0 Å². The summed E-state index contributed by atoms with van der Waals surface area (Å²) in [5, 5.41) is 3.19. The molecule has 6 nitrogen and oxygen atoms in total. The van der Waals surface area contributed by atoms with E-state index in [4.69, 9.17) is 9.15 Å². The Kier molecular flexibility index (Phi) is 5.57. The van der Waals surface area contributed by atoms with Crippen molar-refractivity contribution in [1.82, 2.24) is 16.2 Å². The zero-order valence-electron chi connectivity index (χ0n) is 15.6. The molecule has 1 saturated carbocycles. The monoisotopic (exact) mass is 369 g/mol. The van der Waals surface area contributed by atoms with Crippen LogP contribution in [-0.2, 0) is 16.1 Å². The number of hydrazine groups is 1. The summed E-state index contributed by atoms with van der Waals surface area (Å²) in [6.07, 6.45) is 3.78. The minimum atomic E-state index is -0.268. The maximum absolute atomic E-state index is 12.7. The highest BCUT2D eigenvalue weighted by atomic mass is 16.5. The minimum Gasteiger partial charge on any atom is -0.465 e. The van der Waals surface area contributed by atoms with Crippen LogP contribution in [0.15, 0.2) is 46.9 Å². The fourth-order valence-corrected chi connectivity index (χ4v) is 3.91. The molecule has 144 valence electrons. The molecule has 2 fully saturated rings. The smallest absolute Gasteiger partial charge is 0.238 e. The van der Waals surface area contributed by atoms with Crippen LogP contribution >= 0.6 is 0 Å². The lowest BCUT2D eigenvalue weighted by atomic mass is 10.1. The van der Waals surface area contributed by atoms with Crippen LogP contribution in [0.25, 0.3) is 0 Å². The molecule has 1 amide bonds. The van der Waals surface area contributed by atoms with E-state index in [1.165, 1.54) is 0 Å². The van der Waals surface area contributed by atoms with E-state index >= 15 is 0 Å². The van der Waals surface area contributed by atoms with Gasteiger partial charge in [0.2, 0.25) is 5.91 Å². The average molecular weight is 369 g/mol. The molecular weight excluding hydrogens is 342 g/mol. The summed E-state index contributed by atoms with van der Waals surface area (Å²) < 4.78 is 11.8. The number of aryl methyl sites for hydroxylation is 1. The molecule has 4 atom stereocenters. The van der Waals surface area contributed by atoms with Crippen molar-refractivity contribution in [3.63, 3.8) is 0 Å². The third-order valence-electron chi connectivity index (χ3n) is 5.41. The molecule has 1 aliphatic heterocycles. The molecule has 6 heteroatoms. The molecular formula is C21H27N3O3. The third-order valence-corrected chi connectivity index (χ3v) is 5.41. The van der Waals surface area contributed by atoms with E-state index in [9.17, 15) is 4.79 Å². The van der Waals surface area contributed by atoms with Gasteiger partial charge in [-0.1, -0.05) is 30.3 Å². The van der Waals surface area contributed by atoms with E-state index < -0.39 is 0 Å². The topological polar surface area (TPSA) is 75.5 Å². The van der Waals surface area contributed by atoms with Crippen LogP contribution in [0.1, 0.15) is 48.8 Å². The van der Waals surface area contributed by atoms with Gasteiger partial charge >= 0.3 is 0 Å². The summed E-state index contributed by atoms with van der Waals surface area (Å²) in [7, 11) is 0. The lowest BCUT2D eigenvalue weighted by molar-refractivity contribution is -0.124. The Bertz CT molecular complexity index is 761. The number of nitrogens with one attached hydrogen (secondary N) is 3. The van der Waals surface area contributed by atoms with Crippen LogP contribution in [0, 0.1) is 6.92 Å². The number of hydrogen-bond acceptors (Lipinski definition) is 5. The van der Waals surface area contributed by atoms with Gasteiger partial charge in [-0.3, -0.25) is 4.79 Å². The second kappa shape index (κ2) is 8.25. The van der Waals surface area contributed by atoms with Crippen LogP contribution in [0.4, 0.5) is 0 Å². The van der Waals surface area contributed by atoms with Crippen molar-refractivity contribution < 1.29 is 13.9 Å². The maximum atomic E-state index is 12.7. The molecule has 1 aromatic heterocycles. The normalized spacial score (nSPS) is 27.7. The van der Waals surface area contributed by atoms with Crippen LogP contribution in [0.3, 0.4) is 0 Å². The first-order valence-corrected chi connectivity index (χ1v) is 9.72. The Balaban J connectivity index is 1.28. The van der Waals surface area contributed by atoms with Crippen molar-refractivity contribution in [2.45, 2.75) is 63.4 Å². The predicted octanol–water partition coefficient (Wildman–Crippen LogP) is 2.75. The molecule has 0 bridgehead atoms. The van der Waals surface area contributed by atoms with Gasteiger partial charge in [0.05, 0.1) is 24.8 Å². The number of carbonyl (C=O) groups is 1. The predicted molar refractivity (Wildman–Crippen MR) is 102 cm³/mol. The Hall–Kier alpha value is -2.15. The SMILES string of the molecule is Cc1ccc(C2CC(C(=O)N[C@@H]3CCC[C@H]3OCc3ccccc3)NN2)o1. The second-order valence-electron chi connectivity index (χ2n) is 7.46. The third kappa shape index (κ3) is 4.40. The molecule has 2 aliphatic rings. The fraction of sp³-hybridized carbons (Fsp3) is 0.476. The number of ether oxygens (including phenoxy) is 1. The van der Waals surface area contributed by atoms with Crippen molar-refractivity contribution in [3.8, 4) is 0 Å². The quantitative estimate of drug-likeness (QED) is 0.730. The second-order valence-corrected chi connectivity index (χ2v) is 7.46. The summed E-state index contributed by atoms with van der Waals surface area (Å²) >= 11 is 0. The number of furan rings is 1. The van der Waals surface area contributed by atoms with E-state index in [2.05, 4.69) is 28.3 Å². The average Bonchev–Trinajstić information content (AvgIpc) is 3.41. The number of hydrogen-bond donors (Lipinski definition) is 3. The summed E-state index contributed by atoms with van der Waals surface area (Å²) in [5.74, 6) is 1.76. The Morgan fingerprint density at radius 3 is 2.81 bits per heavy atom. The van der Waals surface area contributed by atoms with E-state index in [1.54, 1.807) is 0 Å². The molecule has 1 saturated heterocycles. The van der Waals surface area contributed by atoms with Crippen molar-refractivity contribution in [3.05, 3.63) is 59.5 Å². The van der Waals surface area contributed by atoms with Gasteiger partial charge in [0.15, 0.2) is 0 Å². The zero-order valence-corrected chi connectivity index (χ0v) is 15.6. The minimum absolute atomic E-state index is 0.0168. The molecule has 0 radical (unpaired) electrons. The molecule has 27 heavy (non-hydrogen) atoms. The van der Waals surface area contributed by atoms with Crippen molar-refractivity contribution >= 4 is 5.91 Å². The molecule has 4 rings (SSSR count). The number of amides is 1. The summed E-state index contributed by atoms with van der Waals surface area (Å²) in [6.45, 7) is 2.51. The molecule has 0 spiro atoms. The van der Waals surface area contributed by atoms with Crippen molar-refractivity contribution in [2.24, 2.45) is 0 Å². The van der Waals surface area contributed by atoms with Gasteiger partial charge in [0.25, 0.3) is 0 Å². The maximum Gasteiger partial charge on any atom is 0.238 e.